The van der Waals surface area contributed by atoms with E-state index in [1.54, 1.807) is 17.8 Å². The zero-order chi connectivity index (χ0) is 23.7. The monoisotopic (exact) mass is 473 g/mol. The standard InChI is InChI=1S/C27H27N3O3S/c1-27(12-6-3-7-13-27)21-14-18(16-25(31)32)15-24(26(21)33)30-28-22-11-10-20(17-23(22)29-30)34-19-8-4-2-5-9-19/h2,4-5,8-11,14-15,17,33H,3,6-7,12-13,16H2,1H3,(H,31,32). The molecule has 0 aliphatic heterocycles. The Morgan fingerprint density at radius 1 is 0.971 bits per heavy atom. The number of hydrogen-bond donors (Lipinski definition) is 2. The molecular formula is C27H27N3O3S. The molecule has 0 amide bonds. The molecule has 1 fully saturated rings. The second-order valence-electron chi connectivity index (χ2n) is 9.26. The summed E-state index contributed by atoms with van der Waals surface area (Å²) in [5.41, 5.74) is 3.10. The first-order valence-corrected chi connectivity index (χ1v) is 12.4. The van der Waals surface area contributed by atoms with Gasteiger partial charge >= 0.3 is 5.97 Å². The lowest BCUT2D eigenvalue weighted by Crippen LogP contribution is -2.26. The summed E-state index contributed by atoms with van der Waals surface area (Å²) in [6.45, 7) is 2.16. The van der Waals surface area contributed by atoms with Gasteiger partial charge in [-0.1, -0.05) is 62.2 Å². The largest absolute Gasteiger partial charge is 0.505 e. The van der Waals surface area contributed by atoms with E-state index in [1.807, 2.05) is 42.5 Å². The maximum Gasteiger partial charge on any atom is 0.307 e. The summed E-state index contributed by atoms with van der Waals surface area (Å²) in [4.78, 5) is 15.1. The van der Waals surface area contributed by atoms with Crippen molar-refractivity contribution in [3.05, 3.63) is 71.8 Å². The predicted octanol–water partition coefficient (Wildman–Crippen LogP) is 6.13. The van der Waals surface area contributed by atoms with Gasteiger partial charge in [0.1, 0.15) is 22.5 Å². The van der Waals surface area contributed by atoms with Crippen molar-refractivity contribution in [1.82, 2.24) is 15.0 Å². The molecule has 0 atom stereocenters. The zero-order valence-electron chi connectivity index (χ0n) is 19.1. The number of phenolic OH excluding ortho intramolecular Hbond substituents is 1. The first kappa shape index (κ1) is 22.5. The lowest BCUT2D eigenvalue weighted by Gasteiger charge is -2.35. The zero-order valence-corrected chi connectivity index (χ0v) is 19.9. The average Bonchev–Trinajstić information content (AvgIpc) is 3.24. The van der Waals surface area contributed by atoms with E-state index in [4.69, 9.17) is 0 Å². The van der Waals surface area contributed by atoms with Crippen LogP contribution in [0.2, 0.25) is 0 Å². The molecule has 3 aromatic carbocycles. The van der Waals surface area contributed by atoms with Crippen LogP contribution in [0.5, 0.6) is 5.75 Å². The quantitative estimate of drug-likeness (QED) is 0.350. The normalized spacial score (nSPS) is 15.4. The molecule has 0 bridgehead atoms. The van der Waals surface area contributed by atoms with Crippen LogP contribution in [-0.2, 0) is 16.6 Å². The Morgan fingerprint density at radius 2 is 1.71 bits per heavy atom. The van der Waals surface area contributed by atoms with Gasteiger partial charge in [-0.2, -0.15) is 0 Å². The summed E-state index contributed by atoms with van der Waals surface area (Å²) in [7, 11) is 0. The van der Waals surface area contributed by atoms with E-state index in [-0.39, 0.29) is 17.6 Å². The number of carbonyl (C=O) groups is 1. The molecule has 5 rings (SSSR count). The van der Waals surface area contributed by atoms with Crippen LogP contribution < -0.4 is 0 Å². The van der Waals surface area contributed by atoms with Gasteiger partial charge in [-0.05, 0) is 60.2 Å². The number of aromatic hydroxyl groups is 1. The van der Waals surface area contributed by atoms with Crippen LogP contribution in [0.25, 0.3) is 16.7 Å². The van der Waals surface area contributed by atoms with Crippen molar-refractivity contribution >= 4 is 28.8 Å². The van der Waals surface area contributed by atoms with Gasteiger partial charge < -0.3 is 10.2 Å². The molecule has 2 N–H and O–H groups in total. The van der Waals surface area contributed by atoms with Crippen molar-refractivity contribution < 1.29 is 15.0 Å². The number of nitrogens with zero attached hydrogens (tertiary/aromatic N) is 3. The lowest BCUT2D eigenvalue weighted by molar-refractivity contribution is -0.136. The summed E-state index contributed by atoms with van der Waals surface area (Å²) in [6.07, 6.45) is 5.19. The summed E-state index contributed by atoms with van der Waals surface area (Å²) < 4.78 is 0. The molecule has 0 radical (unpaired) electrons. The fourth-order valence-electron chi connectivity index (χ4n) is 4.86. The molecule has 1 aliphatic carbocycles. The molecule has 0 spiro atoms. The Balaban J connectivity index is 1.57. The van der Waals surface area contributed by atoms with Crippen molar-refractivity contribution in [2.75, 3.05) is 0 Å². The molecule has 4 aromatic rings. The molecule has 174 valence electrons. The Bertz CT molecular complexity index is 1340. The number of benzene rings is 3. The minimum atomic E-state index is -0.905. The second kappa shape index (κ2) is 9.14. The fraction of sp³-hybridized carbons (Fsp3) is 0.296. The van der Waals surface area contributed by atoms with Crippen LogP contribution >= 0.6 is 11.8 Å². The van der Waals surface area contributed by atoms with E-state index in [1.165, 1.54) is 11.2 Å². The Morgan fingerprint density at radius 3 is 2.44 bits per heavy atom. The topological polar surface area (TPSA) is 88.2 Å². The van der Waals surface area contributed by atoms with Gasteiger partial charge in [0.05, 0.1) is 6.42 Å². The molecular weight excluding hydrogens is 446 g/mol. The van der Waals surface area contributed by atoms with E-state index in [0.717, 1.165) is 46.6 Å². The maximum atomic E-state index is 11.5. The Kier molecular flexibility index (Phi) is 6.04. The number of hydrogen-bond acceptors (Lipinski definition) is 5. The second-order valence-corrected chi connectivity index (χ2v) is 10.4. The lowest BCUT2D eigenvalue weighted by atomic mass is 9.70. The minimum absolute atomic E-state index is 0.116. The third-order valence-corrected chi connectivity index (χ3v) is 7.66. The number of carboxylic acid groups (broad SMARTS) is 1. The van der Waals surface area contributed by atoms with Gasteiger partial charge in [-0.25, -0.2) is 0 Å². The number of aromatic nitrogens is 3. The molecule has 1 saturated carbocycles. The third-order valence-electron chi connectivity index (χ3n) is 6.66. The number of aliphatic carboxylic acids is 1. The minimum Gasteiger partial charge on any atom is -0.505 e. The van der Waals surface area contributed by atoms with Crippen LogP contribution in [0.4, 0.5) is 0 Å². The highest BCUT2D eigenvalue weighted by Crippen LogP contribution is 2.45. The van der Waals surface area contributed by atoms with Crippen LogP contribution in [0.1, 0.15) is 50.2 Å². The van der Waals surface area contributed by atoms with Gasteiger partial charge in [-0.3, -0.25) is 4.79 Å². The summed E-state index contributed by atoms with van der Waals surface area (Å²) in [6, 6.07) is 19.6. The highest BCUT2D eigenvalue weighted by Gasteiger charge is 2.33. The van der Waals surface area contributed by atoms with Crippen molar-refractivity contribution in [3.8, 4) is 11.4 Å². The van der Waals surface area contributed by atoms with Gasteiger partial charge in [-0.15, -0.1) is 15.0 Å². The van der Waals surface area contributed by atoms with Crippen LogP contribution in [0, 0.1) is 0 Å². The summed E-state index contributed by atoms with van der Waals surface area (Å²) in [5.74, 6) is -0.768. The fourth-order valence-corrected chi connectivity index (χ4v) is 5.73. The smallest absolute Gasteiger partial charge is 0.307 e. The highest BCUT2D eigenvalue weighted by atomic mass is 32.2. The number of phenols is 1. The van der Waals surface area contributed by atoms with E-state index >= 15 is 0 Å². The van der Waals surface area contributed by atoms with Crippen molar-refractivity contribution in [1.29, 1.82) is 0 Å². The summed E-state index contributed by atoms with van der Waals surface area (Å²) >= 11 is 1.65. The number of rotatable bonds is 6. The van der Waals surface area contributed by atoms with Crippen LogP contribution in [0.15, 0.2) is 70.5 Å². The molecule has 0 saturated heterocycles. The van der Waals surface area contributed by atoms with Gasteiger partial charge in [0.2, 0.25) is 0 Å². The Hall–Kier alpha value is -3.32. The van der Waals surface area contributed by atoms with E-state index < -0.39 is 5.97 Å². The SMILES string of the molecule is CC1(c2cc(CC(=O)O)cc(-n3nc4ccc(Sc5ccccc5)cc4n3)c2O)CCCCC1. The van der Waals surface area contributed by atoms with E-state index in [9.17, 15) is 15.0 Å². The highest BCUT2D eigenvalue weighted by molar-refractivity contribution is 7.99. The first-order chi connectivity index (χ1) is 16.4. The molecule has 7 heteroatoms. The number of fused-ring (bicyclic) bond motifs is 1. The molecule has 1 aliphatic rings. The van der Waals surface area contributed by atoms with Crippen molar-refractivity contribution in [2.24, 2.45) is 0 Å². The van der Waals surface area contributed by atoms with E-state index in [2.05, 4.69) is 29.3 Å². The third kappa shape index (κ3) is 4.53. The average molecular weight is 474 g/mol. The molecule has 0 unspecified atom stereocenters. The van der Waals surface area contributed by atoms with Crippen molar-refractivity contribution in [3.63, 3.8) is 0 Å². The van der Waals surface area contributed by atoms with Crippen molar-refractivity contribution in [2.45, 2.75) is 60.7 Å². The maximum absolute atomic E-state index is 11.5. The molecule has 34 heavy (non-hydrogen) atoms. The van der Waals surface area contributed by atoms with Gasteiger partial charge in [0.15, 0.2) is 0 Å². The summed E-state index contributed by atoms with van der Waals surface area (Å²) in [5, 5.41) is 30.0. The Labute approximate surface area is 202 Å². The predicted molar refractivity (Wildman–Crippen MR) is 133 cm³/mol. The first-order valence-electron chi connectivity index (χ1n) is 11.6. The van der Waals surface area contributed by atoms with Gasteiger partial charge in [0, 0.05) is 15.4 Å². The molecule has 1 heterocycles. The van der Waals surface area contributed by atoms with Gasteiger partial charge in [0.25, 0.3) is 0 Å². The van der Waals surface area contributed by atoms with Crippen LogP contribution in [0.3, 0.4) is 0 Å². The molecule has 1 aromatic heterocycles. The van der Waals surface area contributed by atoms with Crippen LogP contribution in [-0.4, -0.2) is 31.2 Å². The molecule has 6 nitrogen and oxygen atoms in total. The van der Waals surface area contributed by atoms with E-state index in [0.29, 0.717) is 16.8 Å². The number of carboxylic acids is 1.